The van der Waals surface area contributed by atoms with E-state index in [0.717, 1.165) is 96.5 Å². The predicted molar refractivity (Wildman–Crippen MR) is 264 cm³/mol. The van der Waals surface area contributed by atoms with E-state index in [4.69, 9.17) is 14.2 Å². The lowest BCUT2D eigenvalue weighted by atomic mass is 9.80. The molecule has 352 valence electrons. The van der Waals surface area contributed by atoms with Gasteiger partial charge in [-0.25, -0.2) is 4.79 Å². The first kappa shape index (κ1) is 46.2. The Morgan fingerprint density at radius 3 is 1.40 bits per heavy atom. The summed E-state index contributed by atoms with van der Waals surface area (Å²) in [5.41, 5.74) is 6.95. The fourth-order valence-corrected chi connectivity index (χ4v) is 11.6. The molecule has 4 unspecified atom stereocenters. The number of rotatable bonds is 8. The Bertz CT molecular complexity index is 2510. The van der Waals surface area contributed by atoms with Crippen molar-refractivity contribution in [1.82, 2.24) is 20.0 Å². The molecule has 0 aliphatic carbocycles. The van der Waals surface area contributed by atoms with Crippen molar-refractivity contribution in [2.75, 3.05) is 26.2 Å². The molecule has 4 atom stereocenters. The lowest BCUT2D eigenvalue weighted by Gasteiger charge is -2.47. The van der Waals surface area contributed by atoms with Crippen molar-refractivity contribution in [3.05, 3.63) is 143 Å². The monoisotopic (exact) mass is 905 g/mol. The summed E-state index contributed by atoms with van der Waals surface area (Å²) < 4.78 is 19.1. The number of nitrogens with one attached hydrogen (secondary N) is 1. The quantitative estimate of drug-likeness (QED) is 0.188. The van der Waals surface area contributed by atoms with Gasteiger partial charge in [0.15, 0.2) is 0 Å². The maximum atomic E-state index is 13.0. The van der Waals surface area contributed by atoms with Crippen LogP contribution >= 0.6 is 0 Å². The zero-order valence-corrected chi connectivity index (χ0v) is 40.5. The van der Waals surface area contributed by atoms with Gasteiger partial charge in [0.05, 0.1) is 0 Å². The number of fused-ring (bicyclic) bond motifs is 6. The van der Waals surface area contributed by atoms with Crippen molar-refractivity contribution in [3.63, 3.8) is 0 Å². The van der Waals surface area contributed by atoms with Crippen LogP contribution in [0, 0.1) is 0 Å². The van der Waals surface area contributed by atoms with Gasteiger partial charge in [-0.1, -0.05) is 60.7 Å². The third kappa shape index (κ3) is 9.39. The molecule has 4 aromatic rings. The minimum Gasteiger partial charge on any atom is -0.482 e. The van der Waals surface area contributed by atoms with Crippen molar-refractivity contribution in [1.29, 1.82) is 0 Å². The number of benzene rings is 4. The highest BCUT2D eigenvalue weighted by molar-refractivity contribution is 5.96. The largest absolute Gasteiger partial charge is 0.482 e. The number of nitrogens with zero attached hydrogens (tertiary/aromatic N) is 3. The zero-order valence-electron chi connectivity index (χ0n) is 40.5. The fraction of sp³-hybridized carbons (Fsp3) is 0.456. The molecule has 4 aromatic carbocycles. The summed E-state index contributed by atoms with van der Waals surface area (Å²) in [7, 11) is 0. The molecule has 4 bridgehead atoms. The first-order valence-electron chi connectivity index (χ1n) is 24.8. The van der Waals surface area contributed by atoms with Crippen LogP contribution in [0.5, 0.6) is 11.5 Å². The molecule has 6 aliphatic heterocycles. The topological polar surface area (TPSA) is 101 Å². The van der Waals surface area contributed by atoms with Gasteiger partial charge in [-0.05, 0) is 145 Å². The van der Waals surface area contributed by atoms with Crippen LogP contribution < -0.4 is 14.8 Å². The summed E-state index contributed by atoms with van der Waals surface area (Å²) in [5.74, 6) is 1.99. The SMILES string of the molecule is CCN(CC)C(=O)c1ccc(C2=CC3(CC4CCC(C3)N4)Oc3ccccc32)cc1.CCN(CC)C(=O)c1ccc(C2=CC3(CC4CCC(C3)N4C(=O)OC(C)(C)C)Oc3ccccc32)cc1. The molecule has 6 aliphatic rings. The third-order valence-corrected chi connectivity index (χ3v) is 14.7. The summed E-state index contributed by atoms with van der Waals surface area (Å²) in [5, 5.41) is 3.73. The maximum absolute atomic E-state index is 13.0. The van der Waals surface area contributed by atoms with Gasteiger partial charge in [-0.15, -0.1) is 0 Å². The van der Waals surface area contributed by atoms with Gasteiger partial charge >= 0.3 is 6.09 Å². The number of carbonyl (C=O) groups excluding carboxylic acids is 3. The second-order valence-electron chi connectivity index (χ2n) is 20.3. The number of para-hydroxylation sites is 2. The molecular weight excluding hydrogens is 837 g/mol. The molecular formula is C57H68N4O6. The summed E-state index contributed by atoms with van der Waals surface area (Å²) in [4.78, 5) is 44.2. The number of ether oxygens (including phenoxy) is 3. The van der Waals surface area contributed by atoms with Crippen LogP contribution in [0.1, 0.15) is 143 Å². The fourth-order valence-electron chi connectivity index (χ4n) is 11.6. The number of amides is 3. The minimum absolute atomic E-state index is 0.0560. The summed E-state index contributed by atoms with van der Waals surface area (Å²) >= 11 is 0. The molecule has 2 spiro atoms. The van der Waals surface area contributed by atoms with Crippen LogP contribution in [0.15, 0.2) is 109 Å². The lowest BCUT2D eigenvalue weighted by Crippen LogP contribution is -2.56. The highest BCUT2D eigenvalue weighted by Crippen LogP contribution is 2.50. The summed E-state index contributed by atoms with van der Waals surface area (Å²) in [6.07, 6.45) is 12.3. The molecule has 6 heterocycles. The van der Waals surface area contributed by atoms with Gasteiger partial charge < -0.3 is 34.2 Å². The molecule has 4 saturated heterocycles. The maximum Gasteiger partial charge on any atom is 0.410 e. The predicted octanol–water partition coefficient (Wildman–Crippen LogP) is 10.9. The Kier molecular flexibility index (Phi) is 12.9. The van der Waals surface area contributed by atoms with E-state index in [-0.39, 0.29) is 35.6 Å². The lowest BCUT2D eigenvalue weighted by molar-refractivity contribution is -0.0263. The molecule has 3 amide bonds. The van der Waals surface area contributed by atoms with Gasteiger partial charge in [0.2, 0.25) is 0 Å². The Morgan fingerprint density at radius 1 is 0.597 bits per heavy atom. The standard InChI is InChI=1S/C31H38N2O4.C26H30N2O2/c1-6-32(7-2)28(34)22-14-12-21(13-15-22)26-20-31(36-27-11-9-8-10-25(26)27)18-23-16-17-24(19-31)33(23)29(35)37-30(3,4)5;1-3-28(4-2)25(29)19-11-9-18(10-12-19)23-17-26(15-20-13-14-21(16-26)27-20)30-24-8-6-5-7-22(23)24/h8-15,20,23-24H,6-7,16-19H2,1-5H3;5-12,17,20-21,27H,3-4,13-16H2,1-2H3. The van der Waals surface area contributed by atoms with Crippen LogP contribution in [0.2, 0.25) is 0 Å². The minimum atomic E-state index is -0.516. The average Bonchev–Trinajstić information content (AvgIpc) is 3.83. The van der Waals surface area contributed by atoms with Gasteiger partial charge in [0.1, 0.15) is 28.3 Å². The molecule has 1 N–H and O–H groups in total. The van der Waals surface area contributed by atoms with E-state index in [0.29, 0.717) is 30.7 Å². The average molecular weight is 905 g/mol. The highest BCUT2D eigenvalue weighted by atomic mass is 16.6. The number of piperidine rings is 2. The van der Waals surface area contributed by atoms with Gasteiger partial charge in [0.25, 0.3) is 11.8 Å². The van der Waals surface area contributed by atoms with Crippen molar-refractivity contribution in [3.8, 4) is 11.5 Å². The number of carbonyl (C=O) groups is 3. The Balaban J connectivity index is 0.000000171. The molecule has 0 saturated carbocycles. The van der Waals surface area contributed by atoms with E-state index in [1.165, 1.54) is 18.4 Å². The van der Waals surface area contributed by atoms with Crippen LogP contribution in [0.25, 0.3) is 11.1 Å². The first-order chi connectivity index (χ1) is 32.2. The Morgan fingerprint density at radius 2 is 1.00 bits per heavy atom. The van der Waals surface area contributed by atoms with E-state index in [2.05, 4.69) is 59.9 Å². The molecule has 67 heavy (non-hydrogen) atoms. The molecule has 10 nitrogen and oxygen atoms in total. The smallest absolute Gasteiger partial charge is 0.410 e. The van der Waals surface area contributed by atoms with E-state index in [9.17, 15) is 14.4 Å². The highest BCUT2D eigenvalue weighted by Gasteiger charge is 2.53. The number of hydrogen-bond donors (Lipinski definition) is 1. The first-order valence-corrected chi connectivity index (χ1v) is 24.8. The van der Waals surface area contributed by atoms with Crippen LogP contribution in [-0.2, 0) is 4.74 Å². The van der Waals surface area contributed by atoms with Crippen molar-refractivity contribution >= 4 is 29.1 Å². The van der Waals surface area contributed by atoms with Crippen LogP contribution in [0.3, 0.4) is 0 Å². The van der Waals surface area contributed by atoms with Crippen molar-refractivity contribution in [2.24, 2.45) is 0 Å². The molecule has 10 heteroatoms. The molecule has 4 fully saturated rings. The number of hydrogen-bond acceptors (Lipinski definition) is 7. The van der Waals surface area contributed by atoms with Gasteiger partial charge in [-0.3, -0.25) is 9.59 Å². The van der Waals surface area contributed by atoms with Crippen LogP contribution in [0.4, 0.5) is 4.79 Å². The molecule has 0 radical (unpaired) electrons. The summed E-state index contributed by atoms with van der Waals surface area (Å²) in [6, 6.07) is 33.8. The van der Waals surface area contributed by atoms with Gasteiger partial charge in [0, 0.05) is 98.3 Å². The van der Waals surface area contributed by atoms with E-state index in [1.807, 2.05) is 118 Å². The van der Waals surface area contributed by atoms with Crippen LogP contribution in [-0.4, -0.2) is 99.8 Å². The van der Waals surface area contributed by atoms with E-state index >= 15 is 0 Å². The van der Waals surface area contributed by atoms with Crippen molar-refractivity contribution in [2.45, 2.75) is 141 Å². The van der Waals surface area contributed by atoms with Crippen molar-refractivity contribution < 1.29 is 28.6 Å². The third-order valence-electron chi connectivity index (χ3n) is 14.7. The van der Waals surface area contributed by atoms with E-state index in [1.54, 1.807) is 0 Å². The normalized spacial score (nSPS) is 25.3. The summed E-state index contributed by atoms with van der Waals surface area (Å²) in [6.45, 7) is 16.6. The van der Waals surface area contributed by atoms with Gasteiger partial charge in [-0.2, -0.15) is 0 Å². The second kappa shape index (κ2) is 18.7. The Hall–Kier alpha value is -5.87. The Labute approximate surface area is 397 Å². The second-order valence-corrected chi connectivity index (χ2v) is 20.3. The van der Waals surface area contributed by atoms with E-state index < -0.39 is 11.2 Å². The molecule has 10 rings (SSSR count). The zero-order chi connectivity index (χ0) is 47.1. The molecule has 0 aromatic heterocycles.